The number of halogens is 2. The number of ether oxygens (including phenoxy) is 2. The number of hydrogen-bond acceptors (Lipinski definition) is 15. The Bertz CT molecular complexity index is 3830. The molecule has 0 saturated carbocycles. The summed E-state index contributed by atoms with van der Waals surface area (Å²) >= 11 is 12.1. The molecule has 18 nitrogen and oxygen atoms in total. The Balaban J connectivity index is 0.000000241. The number of para-hydroxylation sites is 4. The molecule has 75 heavy (non-hydrogen) atoms. The number of fused-ring (bicyclic) bond motifs is 2. The number of nitrogens with one attached hydrogen (secondary N) is 1. The van der Waals surface area contributed by atoms with Crippen molar-refractivity contribution in [3.63, 3.8) is 0 Å². The van der Waals surface area contributed by atoms with Gasteiger partial charge in [0.25, 0.3) is 26.1 Å². The molecule has 0 aromatic heterocycles. The number of phenols is 1. The molecule has 380 valence electrons. The number of aromatic hydroxyl groups is 1. The molecule has 1 amide bonds. The molecule has 0 heterocycles. The van der Waals surface area contributed by atoms with Crippen LogP contribution < -0.4 is 25.0 Å². The van der Waals surface area contributed by atoms with E-state index in [0.29, 0.717) is 38.7 Å². The van der Waals surface area contributed by atoms with Crippen LogP contribution in [0.15, 0.2) is 169 Å². The van der Waals surface area contributed by atoms with Crippen molar-refractivity contribution >= 4 is 149 Å². The third kappa shape index (κ3) is 13.2. The van der Waals surface area contributed by atoms with Crippen molar-refractivity contribution in [2.75, 3.05) is 19.5 Å². The normalized spacial score (nSPS) is 11.9. The first-order valence-electron chi connectivity index (χ1n) is 22.0. The van der Waals surface area contributed by atoms with E-state index in [1.165, 1.54) is 38.5 Å². The Morgan fingerprint density at radius 1 is 0.613 bits per heavy atom. The van der Waals surface area contributed by atoms with Crippen molar-refractivity contribution in [1.82, 2.24) is 0 Å². The minimum Gasteiger partial charge on any atom is -0.871 e. The molecule has 0 unspecified atom stereocenters. The Morgan fingerprint density at radius 2 is 1.07 bits per heavy atom. The summed E-state index contributed by atoms with van der Waals surface area (Å²) < 4.78 is 77.2. The Kier molecular flexibility index (Phi) is 19.0. The van der Waals surface area contributed by atoms with E-state index in [4.69, 9.17) is 32.7 Å². The van der Waals surface area contributed by atoms with Gasteiger partial charge in [0.05, 0.1) is 42.5 Å². The van der Waals surface area contributed by atoms with Crippen LogP contribution in [0.1, 0.15) is 40.9 Å². The summed E-state index contributed by atoms with van der Waals surface area (Å²) in [5.41, 5.74) is 0.778. The maximum atomic E-state index is 13.4. The van der Waals surface area contributed by atoms with Gasteiger partial charge in [-0.2, -0.15) is 32.2 Å². The fourth-order valence-electron chi connectivity index (χ4n) is 7.74. The van der Waals surface area contributed by atoms with Crippen LogP contribution in [-0.2, 0) is 33.1 Å². The van der Waals surface area contributed by atoms with Crippen LogP contribution >= 0.6 is 23.2 Å². The van der Waals surface area contributed by atoms with Gasteiger partial charge in [-0.1, -0.05) is 116 Å². The Hall–Kier alpha value is -6.72. The van der Waals surface area contributed by atoms with E-state index in [-0.39, 0.29) is 116 Å². The van der Waals surface area contributed by atoms with Crippen molar-refractivity contribution in [1.29, 1.82) is 0 Å². The maximum Gasteiger partial charge on any atom is 2.00 e. The van der Waals surface area contributed by atoms with Crippen molar-refractivity contribution in [3.05, 3.63) is 166 Å². The molecule has 0 aliphatic rings. The molecule has 4 N–H and O–H groups in total. The van der Waals surface area contributed by atoms with Crippen molar-refractivity contribution in [2.24, 2.45) is 25.4 Å². The van der Waals surface area contributed by atoms with Gasteiger partial charge in [-0.15, -0.1) is 5.11 Å². The van der Waals surface area contributed by atoms with Gasteiger partial charge in [0.15, 0.2) is 5.75 Å². The number of rotatable bonds is 14. The molecular weight excluding hydrogens is 1080 g/mol. The summed E-state index contributed by atoms with van der Waals surface area (Å²) in [4.78, 5) is 16.4. The van der Waals surface area contributed by atoms with Crippen LogP contribution in [-0.4, -0.2) is 94.8 Å². The van der Waals surface area contributed by atoms with Crippen molar-refractivity contribution in [3.8, 4) is 23.0 Å². The van der Waals surface area contributed by atoms with Crippen LogP contribution in [0.3, 0.4) is 0 Å². The third-order valence-electron chi connectivity index (χ3n) is 11.2. The summed E-state index contributed by atoms with van der Waals surface area (Å²) in [7, 11) is -6.23. The number of aliphatic imine (C=N–C) groups is 1. The topological polar surface area (TPSA) is 284 Å². The minimum atomic E-state index is -4.59. The molecule has 8 aromatic carbocycles. The predicted molar refractivity (Wildman–Crippen MR) is 285 cm³/mol. The summed E-state index contributed by atoms with van der Waals surface area (Å²) in [5, 5.41) is 59.0. The molecule has 0 aliphatic heterocycles. The second-order valence-corrected chi connectivity index (χ2v) is 19.4. The molecule has 0 spiro atoms. The van der Waals surface area contributed by atoms with E-state index in [1.54, 1.807) is 111 Å². The number of nitrogens with zero attached hydrogens (tertiary/aromatic N) is 5. The number of phenolic OH excluding ortho intramolecular Hbond substituents is 1. The van der Waals surface area contributed by atoms with Crippen molar-refractivity contribution in [2.45, 2.75) is 36.5 Å². The summed E-state index contributed by atoms with van der Waals surface area (Å²) in [5.74, 6) is -1.71. The molecule has 0 saturated heterocycles. The van der Waals surface area contributed by atoms with Crippen LogP contribution in [0.5, 0.6) is 23.0 Å². The second-order valence-electron chi connectivity index (χ2n) is 15.8. The zero-order chi connectivity index (χ0) is 53.5. The SMILES string of the molecule is CCc1c(N=Nc2c(O)c(C(=O)Nc3ccccc3OC)cc3ccccc23)cc(Cl)cc1S(=O)(=O)O.CCc1c(N=Nc2c([O-])c(C([O-])=Nc3ccccc3OC)cc3ccccc23)cc(Cl)cc1S(=O)(=O)O.[Ca+2]. The monoisotopic (exact) mass is 1120 g/mol. The van der Waals surface area contributed by atoms with E-state index in [2.05, 4.69) is 30.8 Å². The van der Waals surface area contributed by atoms with Gasteiger partial charge in [0.2, 0.25) is 0 Å². The van der Waals surface area contributed by atoms with E-state index in [9.17, 15) is 46.1 Å². The second kappa shape index (κ2) is 24.7. The summed E-state index contributed by atoms with van der Waals surface area (Å²) in [6, 6.07) is 35.2. The average molecular weight is 1120 g/mol. The summed E-state index contributed by atoms with van der Waals surface area (Å²) in [6.07, 6.45) is 0.386. The Labute approximate surface area is 470 Å². The number of anilines is 1. The number of benzene rings is 8. The zero-order valence-electron chi connectivity index (χ0n) is 40.1. The van der Waals surface area contributed by atoms with Gasteiger partial charge < -0.3 is 30.1 Å². The quantitative estimate of drug-likeness (QED) is 0.0260. The molecule has 23 heteroatoms. The molecule has 0 atom stereocenters. The number of carbonyl (C=O) groups excluding carboxylic acids is 1. The Morgan fingerprint density at radius 3 is 1.59 bits per heavy atom. The van der Waals surface area contributed by atoms with Gasteiger partial charge in [0.1, 0.15) is 32.7 Å². The number of azo groups is 2. The van der Waals surface area contributed by atoms with E-state index >= 15 is 0 Å². The largest absolute Gasteiger partial charge is 2.00 e. The number of methoxy groups -OCH3 is 2. The first kappa shape index (κ1) is 57.6. The first-order chi connectivity index (χ1) is 35.3. The maximum absolute atomic E-state index is 13.4. The van der Waals surface area contributed by atoms with Gasteiger partial charge in [-0.25, -0.2) is 0 Å². The van der Waals surface area contributed by atoms with Gasteiger partial charge in [0, 0.05) is 31.9 Å². The van der Waals surface area contributed by atoms with E-state index in [1.807, 2.05) is 0 Å². The standard InChI is InChI=1S/2C26H22ClN3O6S.Ca/c2*1-3-17-21(13-16(27)14-23(17)37(33,34)35)29-30-24-18-9-5-4-8-15(18)12-19(25(24)31)26(32)28-20-10-6-7-11-22(20)36-2;/h2*4-14,31H,3H2,1-2H3,(H,28,32)(H,33,34,35);/q;;+2/p-2. The van der Waals surface area contributed by atoms with Crippen molar-refractivity contribution < 1.29 is 55.5 Å². The van der Waals surface area contributed by atoms with E-state index < -0.39 is 48.4 Å². The number of amides is 1. The number of hydrogen-bond donors (Lipinski definition) is 4. The molecule has 8 aromatic rings. The third-order valence-corrected chi connectivity index (χ3v) is 13.5. The zero-order valence-corrected chi connectivity index (χ0v) is 45.5. The number of carbonyl (C=O) groups is 1. The van der Waals surface area contributed by atoms with Crippen LogP contribution in [0.4, 0.5) is 34.1 Å². The smallest absolute Gasteiger partial charge is 0.871 e. The molecule has 8 rings (SSSR count). The fraction of sp³-hybridized carbons (Fsp3) is 0.115. The predicted octanol–water partition coefficient (Wildman–Crippen LogP) is 11.5. The van der Waals surface area contributed by atoms with Crippen LogP contribution in [0.2, 0.25) is 10.0 Å². The molecule has 0 fully saturated rings. The average Bonchev–Trinajstić information content (AvgIpc) is 3.37. The molecule has 0 bridgehead atoms. The van der Waals surface area contributed by atoms with Gasteiger partial charge in [-0.05, 0) is 95.7 Å². The van der Waals surface area contributed by atoms with Gasteiger partial charge in [-0.3, -0.25) is 18.9 Å². The molecule has 0 radical (unpaired) electrons. The molecular formula is C52H42CaCl2N6O12S2. The molecule has 0 aliphatic carbocycles. The summed E-state index contributed by atoms with van der Waals surface area (Å²) in [6.45, 7) is 3.36. The van der Waals surface area contributed by atoms with E-state index in [0.717, 1.165) is 12.1 Å². The fourth-order valence-corrected chi connectivity index (χ4v) is 9.97. The van der Waals surface area contributed by atoms with Crippen LogP contribution in [0.25, 0.3) is 21.5 Å². The van der Waals surface area contributed by atoms with Gasteiger partial charge >= 0.3 is 37.7 Å². The minimum absolute atomic E-state index is 0. The van der Waals surface area contributed by atoms with Crippen LogP contribution in [0, 0.1) is 0 Å². The first-order valence-corrected chi connectivity index (χ1v) is 25.7.